The number of halogens is 1. The smallest absolute Gasteiger partial charge is 0.0894 e. The standard InChI is InChI=1S/2C15H11N3.ClH.Ru/c2*1-3-10-16-12(6-1)14-8-5-9-15(18-14)13-7-2-4-11-17-13;;/h2*1-11H;1H;. The Balaban J connectivity index is 0.000000200. The monoisotopic (exact) mass is 604 g/mol. The van der Waals surface area contributed by atoms with Gasteiger partial charge in [0.2, 0.25) is 0 Å². The molecule has 188 valence electrons. The van der Waals surface area contributed by atoms with Gasteiger partial charge in [-0.2, -0.15) is 0 Å². The van der Waals surface area contributed by atoms with Crippen LogP contribution < -0.4 is 0 Å². The first-order valence-corrected chi connectivity index (χ1v) is 11.5. The van der Waals surface area contributed by atoms with Crippen LogP contribution in [-0.2, 0) is 19.5 Å². The number of hydrogen-bond donors (Lipinski definition) is 0. The number of rotatable bonds is 4. The van der Waals surface area contributed by atoms with E-state index in [4.69, 9.17) is 0 Å². The molecular weight excluding hydrogens is 581 g/mol. The minimum atomic E-state index is 0. The van der Waals surface area contributed by atoms with Crippen molar-refractivity contribution in [3.8, 4) is 45.6 Å². The van der Waals surface area contributed by atoms with Crippen molar-refractivity contribution in [3.05, 3.63) is 134 Å². The van der Waals surface area contributed by atoms with Gasteiger partial charge in [0.25, 0.3) is 0 Å². The predicted octanol–water partition coefficient (Wildman–Crippen LogP) is 6.83. The first kappa shape index (κ1) is 28.4. The SMILES string of the molecule is Cl.[Ru].c1ccc(-c2cccc(-c3ccccn3)n2)nc1.c1ccc(-c2cccc(-c3ccccn3)n2)nc1. The second-order valence-electron chi connectivity index (χ2n) is 7.68. The summed E-state index contributed by atoms with van der Waals surface area (Å²) in [7, 11) is 0. The molecule has 0 amide bonds. The number of nitrogens with zero attached hydrogens (tertiary/aromatic N) is 6. The molecule has 6 nitrogen and oxygen atoms in total. The Bertz CT molecular complexity index is 1290. The third kappa shape index (κ3) is 7.42. The van der Waals surface area contributed by atoms with Gasteiger partial charge < -0.3 is 0 Å². The van der Waals surface area contributed by atoms with E-state index in [1.54, 1.807) is 24.8 Å². The van der Waals surface area contributed by atoms with Crippen LogP contribution >= 0.6 is 12.4 Å². The molecule has 0 saturated carbocycles. The van der Waals surface area contributed by atoms with Crippen molar-refractivity contribution in [1.82, 2.24) is 29.9 Å². The van der Waals surface area contributed by atoms with Crippen molar-refractivity contribution in [2.75, 3.05) is 0 Å². The van der Waals surface area contributed by atoms with Gasteiger partial charge in [-0.15, -0.1) is 12.4 Å². The van der Waals surface area contributed by atoms with Crippen LogP contribution in [0.2, 0.25) is 0 Å². The molecule has 0 atom stereocenters. The molecule has 0 fully saturated rings. The largest absolute Gasteiger partial charge is 0.255 e. The van der Waals surface area contributed by atoms with Crippen LogP contribution in [0, 0.1) is 0 Å². The van der Waals surface area contributed by atoms with E-state index >= 15 is 0 Å². The van der Waals surface area contributed by atoms with E-state index in [2.05, 4.69) is 29.9 Å². The van der Waals surface area contributed by atoms with Crippen LogP contribution in [0.25, 0.3) is 45.6 Å². The summed E-state index contributed by atoms with van der Waals surface area (Å²) >= 11 is 0. The quantitative estimate of drug-likeness (QED) is 0.206. The summed E-state index contributed by atoms with van der Waals surface area (Å²) in [6, 6.07) is 35.0. The summed E-state index contributed by atoms with van der Waals surface area (Å²) in [6.45, 7) is 0. The van der Waals surface area contributed by atoms with E-state index < -0.39 is 0 Å². The molecule has 0 aromatic carbocycles. The minimum absolute atomic E-state index is 0. The van der Waals surface area contributed by atoms with Crippen molar-refractivity contribution in [2.45, 2.75) is 0 Å². The summed E-state index contributed by atoms with van der Waals surface area (Å²) in [6.07, 6.45) is 7.07. The molecule has 0 N–H and O–H groups in total. The van der Waals surface area contributed by atoms with Gasteiger partial charge in [0.15, 0.2) is 0 Å². The molecule has 6 aromatic heterocycles. The van der Waals surface area contributed by atoms with E-state index in [0.717, 1.165) is 45.6 Å². The van der Waals surface area contributed by atoms with Crippen molar-refractivity contribution < 1.29 is 19.5 Å². The fourth-order valence-corrected chi connectivity index (χ4v) is 3.50. The van der Waals surface area contributed by atoms with Crippen LogP contribution in [0.5, 0.6) is 0 Å². The molecule has 0 aliphatic rings. The van der Waals surface area contributed by atoms with Gasteiger partial charge in [0, 0.05) is 44.3 Å². The molecule has 0 aliphatic heterocycles. The molecule has 0 aliphatic carbocycles. The minimum Gasteiger partial charge on any atom is -0.255 e. The van der Waals surface area contributed by atoms with E-state index in [0.29, 0.717) is 0 Å². The molecule has 0 unspecified atom stereocenters. The van der Waals surface area contributed by atoms with Crippen molar-refractivity contribution in [2.24, 2.45) is 0 Å². The second kappa shape index (κ2) is 14.5. The first-order valence-electron chi connectivity index (χ1n) is 11.5. The van der Waals surface area contributed by atoms with Crippen molar-refractivity contribution in [1.29, 1.82) is 0 Å². The third-order valence-corrected chi connectivity index (χ3v) is 5.21. The normalized spacial score (nSPS) is 9.68. The molecule has 0 spiro atoms. The van der Waals surface area contributed by atoms with Gasteiger partial charge in [-0.05, 0) is 72.8 Å². The molecular formula is C30H23ClN6Ru. The molecule has 38 heavy (non-hydrogen) atoms. The summed E-state index contributed by atoms with van der Waals surface area (Å²) in [5.74, 6) is 0. The van der Waals surface area contributed by atoms with Crippen LogP contribution in [0.3, 0.4) is 0 Å². The van der Waals surface area contributed by atoms with Crippen LogP contribution in [-0.4, -0.2) is 29.9 Å². The maximum atomic E-state index is 4.59. The zero-order valence-electron chi connectivity index (χ0n) is 20.1. The second-order valence-corrected chi connectivity index (χ2v) is 7.68. The van der Waals surface area contributed by atoms with Gasteiger partial charge in [-0.1, -0.05) is 36.4 Å². The average Bonchev–Trinajstić information content (AvgIpc) is 2.99. The fourth-order valence-electron chi connectivity index (χ4n) is 3.50. The zero-order valence-corrected chi connectivity index (χ0v) is 22.7. The van der Waals surface area contributed by atoms with Gasteiger partial charge in [0.05, 0.1) is 45.6 Å². The topological polar surface area (TPSA) is 77.3 Å². The number of aromatic nitrogens is 6. The molecule has 0 radical (unpaired) electrons. The Morgan fingerprint density at radius 1 is 0.289 bits per heavy atom. The van der Waals surface area contributed by atoms with Crippen LogP contribution in [0.4, 0.5) is 0 Å². The molecule has 6 heterocycles. The third-order valence-electron chi connectivity index (χ3n) is 5.21. The fraction of sp³-hybridized carbons (Fsp3) is 0. The van der Waals surface area contributed by atoms with Gasteiger partial charge in [-0.25, -0.2) is 9.97 Å². The number of hydrogen-bond acceptors (Lipinski definition) is 6. The Morgan fingerprint density at radius 3 is 0.737 bits per heavy atom. The Kier molecular flexibility index (Phi) is 10.9. The zero-order chi connectivity index (χ0) is 24.4. The summed E-state index contributed by atoms with van der Waals surface area (Å²) in [5, 5.41) is 0. The Labute approximate surface area is 240 Å². The first-order chi connectivity index (χ1) is 17.9. The van der Waals surface area contributed by atoms with Crippen LogP contribution in [0.15, 0.2) is 134 Å². The van der Waals surface area contributed by atoms with E-state index in [1.807, 2.05) is 109 Å². The summed E-state index contributed by atoms with van der Waals surface area (Å²) in [5.41, 5.74) is 6.92. The van der Waals surface area contributed by atoms with E-state index in [-0.39, 0.29) is 31.9 Å². The predicted molar refractivity (Wildman–Crippen MR) is 149 cm³/mol. The van der Waals surface area contributed by atoms with E-state index in [1.165, 1.54) is 0 Å². The number of pyridine rings is 6. The molecule has 0 saturated heterocycles. The molecule has 8 heteroatoms. The van der Waals surface area contributed by atoms with Crippen LogP contribution in [0.1, 0.15) is 0 Å². The summed E-state index contributed by atoms with van der Waals surface area (Å²) in [4.78, 5) is 26.4. The van der Waals surface area contributed by atoms with Gasteiger partial charge >= 0.3 is 0 Å². The maximum absolute atomic E-state index is 4.59. The molecule has 0 bridgehead atoms. The van der Waals surface area contributed by atoms with Crippen molar-refractivity contribution in [3.63, 3.8) is 0 Å². The Morgan fingerprint density at radius 2 is 0.526 bits per heavy atom. The summed E-state index contributed by atoms with van der Waals surface area (Å²) < 4.78 is 0. The average molecular weight is 604 g/mol. The van der Waals surface area contributed by atoms with Crippen molar-refractivity contribution >= 4 is 12.4 Å². The Hall–Kier alpha value is -4.19. The van der Waals surface area contributed by atoms with Gasteiger partial charge in [0.1, 0.15) is 0 Å². The maximum Gasteiger partial charge on any atom is 0.0894 e. The molecule has 6 rings (SSSR count). The molecule has 6 aromatic rings. The van der Waals surface area contributed by atoms with Gasteiger partial charge in [-0.3, -0.25) is 19.9 Å². The van der Waals surface area contributed by atoms with E-state index in [9.17, 15) is 0 Å².